The third kappa shape index (κ3) is 1.32. The van der Waals surface area contributed by atoms with Gasteiger partial charge in [-0.3, -0.25) is 0 Å². The molecule has 1 nitrogen and oxygen atoms in total. The van der Waals surface area contributed by atoms with Gasteiger partial charge in [0, 0.05) is 12.0 Å². The van der Waals surface area contributed by atoms with Crippen molar-refractivity contribution in [3.05, 3.63) is 22.4 Å². The van der Waals surface area contributed by atoms with Crippen LogP contribution in [0, 0.1) is 0 Å². The molecule has 0 amide bonds. The van der Waals surface area contributed by atoms with Gasteiger partial charge >= 0.3 is 0 Å². The van der Waals surface area contributed by atoms with Crippen LogP contribution in [0.5, 0.6) is 0 Å². The molecule has 0 saturated heterocycles. The van der Waals surface area contributed by atoms with Crippen LogP contribution >= 0.6 is 11.3 Å². The number of hydrogen-bond acceptors (Lipinski definition) is 2. The predicted molar refractivity (Wildman–Crippen MR) is 35.0 cm³/mol. The molecule has 0 aromatic carbocycles. The average molecular weight is 128 g/mol. The summed E-state index contributed by atoms with van der Waals surface area (Å²) in [7, 11) is 1.71. The molecule has 0 aliphatic heterocycles. The minimum Gasteiger partial charge on any atom is -0.379 e. The zero-order chi connectivity index (χ0) is 5.82. The maximum absolute atomic E-state index is 4.90. The number of methoxy groups -OCH3 is 1. The van der Waals surface area contributed by atoms with Gasteiger partial charge < -0.3 is 4.74 Å². The van der Waals surface area contributed by atoms with Gasteiger partial charge in [0.2, 0.25) is 0 Å². The molecule has 1 rings (SSSR count). The molecule has 1 aromatic rings. The van der Waals surface area contributed by atoms with Gasteiger partial charge in [-0.2, -0.15) is 0 Å². The van der Waals surface area contributed by atoms with Crippen molar-refractivity contribution >= 4 is 11.3 Å². The first-order valence-electron chi connectivity index (χ1n) is 2.45. The number of thiophene rings is 1. The average Bonchev–Trinajstić information content (AvgIpc) is 2.19. The SMILES string of the molecule is COCc1cccs1. The summed E-state index contributed by atoms with van der Waals surface area (Å²) >= 11 is 1.72. The van der Waals surface area contributed by atoms with E-state index < -0.39 is 0 Å². The van der Waals surface area contributed by atoms with Crippen molar-refractivity contribution in [3.8, 4) is 0 Å². The van der Waals surface area contributed by atoms with Gasteiger partial charge in [-0.15, -0.1) is 11.3 Å². The molecule has 0 bridgehead atoms. The lowest BCUT2D eigenvalue weighted by atomic mass is 10.5. The summed E-state index contributed by atoms with van der Waals surface area (Å²) < 4.78 is 4.90. The van der Waals surface area contributed by atoms with Crippen molar-refractivity contribution in [3.63, 3.8) is 0 Å². The molecule has 0 aliphatic rings. The van der Waals surface area contributed by atoms with Gasteiger partial charge in [-0.05, 0) is 11.4 Å². The minimum atomic E-state index is 0.748. The molecular weight excluding hydrogens is 120 g/mol. The van der Waals surface area contributed by atoms with Crippen LogP contribution in [0.15, 0.2) is 17.5 Å². The quantitative estimate of drug-likeness (QED) is 0.591. The van der Waals surface area contributed by atoms with Crippen LogP contribution in [0.4, 0.5) is 0 Å². The van der Waals surface area contributed by atoms with E-state index in [-0.39, 0.29) is 0 Å². The highest BCUT2D eigenvalue weighted by Crippen LogP contribution is 2.08. The Balaban J connectivity index is 2.50. The summed E-state index contributed by atoms with van der Waals surface area (Å²) in [4.78, 5) is 1.28. The van der Waals surface area contributed by atoms with E-state index >= 15 is 0 Å². The van der Waals surface area contributed by atoms with Crippen LogP contribution in [0.3, 0.4) is 0 Å². The second-order valence-corrected chi connectivity index (χ2v) is 2.54. The van der Waals surface area contributed by atoms with Crippen molar-refractivity contribution in [2.24, 2.45) is 0 Å². The fraction of sp³-hybridized carbons (Fsp3) is 0.333. The van der Waals surface area contributed by atoms with Crippen LogP contribution in [0.1, 0.15) is 4.88 Å². The normalized spacial score (nSPS) is 9.62. The van der Waals surface area contributed by atoms with E-state index in [0.29, 0.717) is 0 Å². The van der Waals surface area contributed by atoms with Crippen LogP contribution in [0.25, 0.3) is 0 Å². The highest BCUT2D eigenvalue weighted by atomic mass is 32.1. The number of rotatable bonds is 2. The van der Waals surface area contributed by atoms with Gasteiger partial charge in [0.25, 0.3) is 0 Å². The lowest BCUT2D eigenvalue weighted by Gasteiger charge is -1.89. The van der Waals surface area contributed by atoms with E-state index in [2.05, 4.69) is 6.07 Å². The Morgan fingerprint density at radius 2 is 2.62 bits per heavy atom. The van der Waals surface area contributed by atoms with Crippen molar-refractivity contribution in [2.45, 2.75) is 6.61 Å². The molecule has 0 fully saturated rings. The maximum atomic E-state index is 4.90. The first kappa shape index (κ1) is 5.79. The van der Waals surface area contributed by atoms with Crippen molar-refractivity contribution in [2.75, 3.05) is 7.11 Å². The molecular formula is C6H8OS. The smallest absolute Gasteiger partial charge is 0.0805 e. The molecule has 2 heteroatoms. The fourth-order valence-corrected chi connectivity index (χ4v) is 1.21. The monoisotopic (exact) mass is 128 g/mol. The van der Waals surface area contributed by atoms with E-state index in [9.17, 15) is 0 Å². The summed E-state index contributed by atoms with van der Waals surface area (Å²) in [6.45, 7) is 0.748. The maximum Gasteiger partial charge on any atom is 0.0805 e. The fourth-order valence-electron chi connectivity index (χ4n) is 0.537. The van der Waals surface area contributed by atoms with Gasteiger partial charge in [0.05, 0.1) is 6.61 Å². The minimum absolute atomic E-state index is 0.748. The Morgan fingerprint density at radius 3 is 3.12 bits per heavy atom. The Morgan fingerprint density at radius 1 is 1.75 bits per heavy atom. The van der Waals surface area contributed by atoms with Gasteiger partial charge in [-0.25, -0.2) is 0 Å². The molecule has 0 unspecified atom stereocenters. The summed E-state index contributed by atoms with van der Waals surface area (Å²) in [5, 5.41) is 2.05. The first-order chi connectivity index (χ1) is 3.93. The van der Waals surface area contributed by atoms with E-state index in [1.54, 1.807) is 18.4 Å². The summed E-state index contributed by atoms with van der Waals surface area (Å²) in [5.41, 5.74) is 0. The Kier molecular flexibility index (Phi) is 2.06. The molecule has 44 valence electrons. The molecule has 0 saturated carbocycles. The lowest BCUT2D eigenvalue weighted by molar-refractivity contribution is 0.187. The first-order valence-corrected chi connectivity index (χ1v) is 3.33. The molecule has 0 atom stereocenters. The molecule has 0 aliphatic carbocycles. The topological polar surface area (TPSA) is 9.23 Å². The molecule has 1 heterocycles. The van der Waals surface area contributed by atoms with Crippen molar-refractivity contribution < 1.29 is 4.74 Å². The third-order valence-corrected chi connectivity index (χ3v) is 1.72. The molecule has 0 radical (unpaired) electrons. The van der Waals surface area contributed by atoms with E-state index in [4.69, 9.17) is 4.74 Å². The molecule has 8 heavy (non-hydrogen) atoms. The lowest BCUT2D eigenvalue weighted by Crippen LogP contribution is -1.79. The van der Waals surface area contributed by atoms with E-state index in [0.717, 1.165) is 6.61 Å². The standard InChI is InChI=1S/C6H8OS/c1-7-5-6-3-2-4-8-6/h2-4H,5H2,1H3. The van der Waals surface area contributed by atoms with Crippen LogP contribution in [-0.2, 0) is 11.3 Å². The van der Waals surface area contributed by atoms with Gasteiger partial charge in [0.1, 0.15) is 0 Å². The van der Waals surface area contributed by atoms with E-state index in [1.807, 2.05) is 11.4 Å². The van der Waals surface area contributed by atoms with Crippen molar-refractivity contribution in [1.82, 2.24) is 0 Å². The molecule has 0 N–H and O–H groups in total. The van der Waals surface area contributed by atoms with Crippen molar-refractivity contribution in [1.29, 1.82) is 0 Å². The highest BCUT2D eigenvalue weighted by Gasteiger charge is 1.87. The largest absolute Gasteiger partial charge is 0.379 e. The second-order valence-electron chi connectivity index (χ2n) is 1.51. The third-order valence-electron chi connectivity index (χ3n) is 0.867. The Bertz CT molecular complexity index is 134. The highest BCUT2D eigenvalue weighted by molar-refractivity contribution is 7.09. The van der Waals surface area contributed by atoms with Crippen LogP contribution in [-0.4, -0.2) is 7.11 Å². The zero-order valence-electron chi connectivity index (χ0n) is 4.76. The summed E-state index contributed by atoms with van der Waals surface area (Å²) in [5.74, 6) is 0. The Hall–Kier alpha value is -0.340. The zero-order valence-corrected chi connectivity index (χ0v) is 5.57. The summed E-state index contributed by atoms with van der Waals surface area (Å²) in [6.07, 6.45) is 0. The predicted octanol–water partition coefficient (Wildman–Crippen LogP) is 1.89. The Labute approximate surface area is 52.9 Å². The number of hydrogen-bond donors (Lipinski definition) is 0. The summed E-state index contributed by atoms with van der Waals surface area (Å²) in [6, 6.07) is 4.09. The van der Waals surface area contributed by atoms with Gasteiger partial charge in [-0.1, -0.05) is 6.07 Å². The van der Waals surface area contributed by atoms with Gasteiger partial charge in [0.15, 0.2) is 0 Å². The molecule has 1 aromatic heterocycles. The number of ether oxygens (including phenoxy) is 1. The molecule has 0 spiro atoms. The van der Waals surface area contributed by atoms with Crippen LogP contribution in [0.2, 0.25) is 0 Å². The van der Waals surface area contributed by atoms with E-state index in [1.165, 1.54) is 4.88 Å². The van der Waals surface area contributed by atoms with Crippen LogP contribution < -0.4 is 0 Å². The second kappa shape index (κ2) is 2.84.